The van der Waals surface area contributed by atoms with Crippen LogP contribution in [0.2, 0.25) is 0 Å². The molecule has 17 nitrogen and oxygen atoms in total. The maximum Gasteiger partial charge on any atom is 0.334 e. The van der Waals surface area contributed by atoms with Crippen molar-refractivity contribution >= 4 is 41.6 Å². The Morgan fingerprint density at radius 3 is 2.09 bits per heavy atom. The number of methoxy groups -OCH3 is 2. The molecule has 1 unspecified atom stereocenters. The minimum absolute atomic E-state index is 0.0168. The van der Waals surface area contributed by atoms with Crippen molar-refractivity contribution in [3.05, 3.63) is 138 Å². The van der Waals surface area contributed by atoms with E-state index < -0.39 is 48.6 Å². The lowest BCUT2D eigenvalue weighted by Gasteiger charge is -2.39. The molecule has 1 aliphatic rings. The molecule has 3 heterocycles. The second kappa shape index (κ2) is 21.7. The quantitative estimate of drug-likeness (QED) is 0.0418. The highest BCUT2D eigenvalue weighted by Crippen LogP contribution is 2.51. The van der Waals surface area contributed by atoms with Crippen LogP contribution in [0.25, 0.3) is 11.2 Å². The number of amides is 2. The summed E-state index contributed by atoms with van der Waals surface area (Å²) in [6, 6.07) is 32.7. The Morgan fingerprint density at radius 2 is 1.51 bits per heavy atom. The minimum Gasteiger partial charge on any atom is -0.497 e. The fourth-order valence-corrected chi connectivity index (χ4v) is 10.7. The van der Waals surface area contributed by atoms with Gasteiger partial charge in [0.2, 0.25) is 0 Å². The molecule has 4 atom stereocenters. The fourth-order valence-electron chi connectivity index (χ4n) is 8.01. The Kier molecular flexibility index (Phi) is 15.9. The third-order valence-electron chi connectivity index (χ3n) is 11.2. The summed E-state index contributed by atoms with van der Waals surface area (Å²) in [5.41, 5.74) is 2.72. The topological polar surface area (TPSA) is 201 Å². The van der Waals surface area contributed by atoms with Crippen LogP contribution in [0.1, 0.15) is 69.0 Å². The van der Waals surface area contributed by atoms with E-state index in [1.165, 1.54) is 24.8 Å². The molecule has 1 fully saturated rings. The van der Waals surface area contributed by atoms with Gasteiger partial charge in [-0.15, -0.1) is 0 Å². The van der Waals surface area contributed by atoms with Gasteiger partial charge >= 0.3 is 6.03 Å². The van der Waals surface area contributed by atoms with E-state index in [2.05, 4.69) is 58.7 Å². The summed E-state index contributed by atoms with van der Waals surface area (Å²) in [5.74, 6) is 1.35. The van der Waals surface area contributed by atoms with Crippen LogP contribution in [-0.2, 0) is 34.1 Å². The number of nitriles is 1. The number of aryl methyl sites for hydroxylation is 1. The Bertz CT molecular complexity index is 2680. The van der Waals surface area contributed by atoms with Crippen LogP contribution in [0.5, 0.6) is 11.5 Å². The van der Waals surface area contributed by atoms with E-state index in [1.54, 1.807) is 30.9 Å². The third-order valence-corrected chi connectivity index (χ3v) is 14.7. The Hall–Kier alpha value is -6.03. The first-order valence-electron chi connectivity index (χ1n) is 21.7. The number of hydrogen-bond acceptors (Lipinski definition) is 14. The SMILES string of the molecule is COc1ccc(C(OC[C@H]2O[C@@H](n3cnc4c(NC(=O)NS(=O)(=O)c5ccc(C)cc5)ncnc43)C[C@@H]2OP(OCCC#N)N(C(C)C)C(C)C)(c2ccccc2)c2ccc(OC)cc2)cc1. The van der Waals surface area contributed by atoms with E-state index in [-0.39, 0.29) is 54.4 Å². The van der Waals surface area contributed by atoms with Gasteiger partial charge in [-0.1, -0.05) is 72.3 Å². The first-order chi connectivity index (χ1) is 32.3. The Balaban J connectivity index is 1.25. The molecule has 19 heteroatoms. The number of imidazole rings is 1. The molecule has 2 aromatic heterocycles. The monoisotopic (exact) mass is 950 g/mol. The third kappa shape index (κ3) is 11.1. The highest BCUT2D eigenvalue weighted by atomic mass is 32.2. The smallest absolute Gasteiger partial charge is 0.334 e. The van der Waals surface area contributed by atoms with Crippen molar-refractivity contribution in [2.24, 2.45) is 0 Å². The number of rotatable bonds is 20. The number of sulfonamides is 1. The summed E-state index contributed by atoms with van der Waals surface area (Å²) in [6.07, 6.45) is 1.17. The summed E-state index contributed by atoms with van der Waals surface area (Å²) < 4.78 is 70.8. The van der Waals surface area contributed by atoms with Gasteiger partial charge < -0.3 is 28.0 Å². The molecule has 2 N–H and O–H groups in total. The number of carbonyl (C=O) groups is 1. The molecule has 0 spiro atoms. The molecule has 0 radical (unpaired) electrons. The van der Waals surface area contributed by atoms with E-state index in [9.17, 15) is 18.5 Å². The number of carbonyl (C=O) groups excluding carboxylic acids is 1. The number of fused-ring (bicyclic) bond motifs is 1. The molecule has 0 saturated carbocycles. The van der Waals surface area contributed by atoms with Crippen molar-refractivity contribution in [1.29, 1.82) is 5.26 Å². The van der Waals surface area contributed by atoms with Crippen molar-refractivity contribution in [2.75, 3.05) is 32.8 Å². The molecule has 0 bridgehead atoms. The normalized spacial score (nSPS) is 16.9. The second-order valence-electron chi connectivity index (χ2n) is 16.3. The van der Waals surface area contributed by atoms with Crippen molar-refractivity contribution in [3.8, 4) is 17.6 Å². The lowest BCUT2D eigenvalue weighted by molar-refractivity contribution is -0.0912. The van der Waals surface area contributed by atoms with Crippen molar-refractivity contribution in [2.45, 2.75) is 88.5 Å². The van der Waals surface area contributed by atoms with Gasteiger partial charge in [-0.2, -0.15) is 5.26 Å². The molecule has 1 aliphatic heterocycles. The number of anilines is 1. The summed E-state index contributed by atoms with van der Waals surface area (Å²) in [6.45, 7) is 10.3. The average molecular weight is 951 g/mol. The highest BCUT2D eigenvalue weighted by Gasteiger charge is 2.45. The number of nitrogens with one attached hydrogen (secondary N) is 2. The number of benzene rings is 4. The van der Waals surface area contributed by atoms with Crippen LogP contribution in [0.4, 0.5) is 10.6 Å². The standard InChI is InChI=1S/C48H55N8O9PS/c1-32(2)56(33(3)4)66(63-27-11-26-49)65-41-28-43(55-31-52-44-45(50-30-51-46(44)55)53-47(57)54-67(58,59)40-24-14-34(5)15-25-40)64-42(41)29-62-48(35-12-9-8-10-13-35,36-16-20-38(60-6)21-17-36)37-18-22-39(61-7)23-19-37/h8-10,12-25,30-33,41-43H,11,27-29H2,1-7H3,(H2,50,51,53,54,57)/t41-,42+,43+,66?/m0/s1. The number of hydrogen-bond donors (Lipinski definition) is 2. The van der Waals surface area contributed by atoms with Crippen molar-refractivity contribution in [3.63, 3.8) is 0 Å². The van der Waals surface area contributed by atoms with Crippen LogP contribution >= 0.6 is 8.53 Å². The number of nitrogens with zero attached hydrogens (tertiary/aromatic N) is 6. The molecule has 67 heavy (non-hydrogen) atoms. The fraction of sp³-hybridized carbons (Fsp3) is 0.354. The number of ether oxygens (including phenoxy) is 4. The summed E-state index contributed by atoms with van der Waals surface area (Å²) >= 11 is 0. The molecule has 2 amide bonds. The van der Waals surface area contributed by atoms with Gasteiger partial charge in [0.05, 0.1) is 57.3 Å². The van der Waals surface area contributed by atoms with E-state index in [1.807, 2.05) is 90.5 Å². The van der Waals surface area contributed by atoms with Gasteiger partial charge in [0, 0.05) is 18.5 Å². The molecule has 0 aliphatic carbocycles. The maximum absolute atomic E-state index is 13.1. The maximum atomic E-state index is 13.1. The van der Waals surface area contributed by atoms with E-state index in [4.69, 9.17) is 28.0 Å². The van der Waals surface area contributed by atoms with Gasteiger partial charge in [-0.3, -0.25) is 9.88 Å². The van der Waals surface area contributed by atoms with Gasteiger partial charge in [0.1, 0.15) is 35.8 Å². The predicted molar refractivity (Wildman–Crippen MR) is 253 cm³/mol. The predicted octanol–water partition coefficient (Wildman–Crippen LogP) is 8.62. The van der Waals surface area contributed by atoms with Crippen LogP contribution in [0, 0.1) is 18.3 Å². The summed E-state index contributed by atoms with van der Waals surface area (Å²) in [5, 5.41) is 12.0. The van der Waals surface area contributed by atoms with Gasteiger partial charge in [0.15, 0.2) is 17.0 Å². The van der Waals surface area contributed by atoms with Crippen LogP contribution in [0.3, 0.4) is 0 Å². The minimum atomic E-state index is -4.20. The largest absolute Gasteiger partial charge is 0.497 e. The van der Waals surface area contributed by atoms with Crippen LogP contribution in [0.15, 0.2) is 121 Å². The molecule has 7 rings (SSSR count). The van der Waals surface area contributed by atoms with Gasteiger partial charge in [-0.25, -0.2) is 37.6 Å². The lowest BCUT2D eigenvalue weighted by Crippen LogP contribution is -2.39. The van der Waals surface area contributed by atoms with E-state index >= 15 is 0 Å². The highest BCUT2D eigenvalue weighted by molar-refractivity contribution is 7.90. The van der Waals surface area contributed by atoms with Crippen LogP contribution in [-0.4, -0.2) is 90.4 Å². The molecule has 4 aromatic carbocycles. The zero-order valence-corrected chi connectivity index (χ0v) is 40.1. The van der Waals surface area contributed by atoms with Crippen LogP contribution < -0.4 is 19.5 Å². The first kappa shape index (κ1) is 48.9. The zero-order valence-electron chi connectivity index (χ0n) is 38.4. The average Bonchev–Trinajstić information content (AvgIpc) is 3.94. The van der Waals surface area contributed by atoms with Gasteiger partial charge in [0.25, 0.3) is 18.5 Å². The molecule has 352 valence electrons. The molecular weight excluding hydrogens is 896 g/mol. The molecular formula is C48H55N8O9PS. The lowest BCUT2D eigenvalue weighted by atomic mass is 9.80. The second-order valence-corrected chi connectivity index (χ2v) is 19.4. The number of urea groups is 1. The van der Waals surface area contributed by atoms with E-state index in [0.29, 0.717) is 17.1 Å². The van der Waals surface area contributed by atoms with Gasteiger partial charge in [-0.05, 0) is 87.7 Å². The summed E-state index contributed by atoms with van der Waals surface area (Å²) in [7, 11) is -2.68. The zero-order chi connectivity index (χ0) is 47.7. The first-order valence-corrected chi connectivity index (χ1v) is 24.4. The van der Waals surface area contributed by atoms with E-state index in [0.717, 1.165) is 22.3 Å². The molecule has 6 aromatic rings. The Labute approximate surface area is 392 Å². The molecule has 1 saturated heterocycles. The van der Waals surface area contributed by atoms with Crippen molar-refractivity contribution in [1.82, 2.24) is 28.9 Å². The Morgan fingerprint density at radius 1 is 0.896 bits per heavy atom. The number of aromatic nitrogens is 4. The summed E-state index contributed by atoms with van der Waals surface area (Å²) in [4.78, 5) is 26.4. The van der Waals surface area contributed by atoms with Crippen molar-refractivity contribution < 1.29 is 41.2 Å².